The van der Waals surface area contributed by atoms with Crippen molar-refractivity contribution in [1.29, 1.82) is 0 Å². The van der Waals surface area contributed by atoms with Crippen LogP contribution in [0.4, 0.5) is 0 Å². The van der Waals surface area contributed by atoms with Crippen LogP contribution in [0.3, 0.4) is 0 Å². The lowest BCUT2D eigenvalue weighted by atomic mass is 10.1. The average molecular weight is 348 g/mol. The Labute approximate surface area is 138 Å². The molecule has 1 aromatic carbocycles. The van der Waals surface area contributed by atoms with Crippen molar-refractivity contribution >= 4 is 32.3 Å². The quantitative estimate of drug-likeness (QED) is 0.715. The van der Waals surface area contributed by atoms with Crippen LogP contribution >= 0.6 is 11.3 Å². The van der Waals surface area contributed by atoms with Gasteiger partial charge < -0.3 is 4.74 Å². The molecule has 1 aliphatic heterocycles. The SMILES string of the molecule is CN1CCOc2ccc3c(ccn3S(=O)(=O)c3cccs3)c2C1. The number of likely N-dealkylation sites (N-methyl/N-ethyl adjacent to an activating group) is 1. The normalized spacial score (nSPS) is 16.0. The number of ether oxygens (including phenoxy) is 1. The van der Waals surface area contributed by atoms with Crippen molar-refractivity contribution in [2.45, 2.75) is 10.8 Å². The fraction of sp³-hybridized carbons (Fsp3) is 0.250. The Balaban J connectivity index is 1.92. The molecule has 2 aromatic heterocycles. The fourth-order valence-corrected chi connectivity index (χ4v) is 5.33. The number of hydrogen-bond donors (Lipinski definition) is 0. The van der Waals surface area contributed by atoms with E-state index >= 15 is 0 Å². The average Bonchev–Trinajstić information content (AvgIpc) is 3.15. The van der Waals surface area contributed by atoms with Crippen LogP contribution < -0.4 is 4.74 Å². The van der Waals surface area contributed by atoms with E-state index in [0.717, 1.165) is 29.8 Å². The van der Waals surface area contributed by atoms with Gasteiger partial charge >= 0.3 is 0 Å². The van der Waals surface area contributed by atoms with Gasteiger partial charge in [0.25, 0.3) is 10.0 Å². The van der Waals surface area contributed by atoms with Crippen molar-refractivity contribution < 1.29 is 13.2 Å². The number of rotatable bonds is 2. The fourth-order valence-electron chi connectivity index (χ4n) is 2.91. The molecule has 5 nitrogen and oxygen atoms in total. The molecule has 0 bridgehead atoms. The van der Waals surface area contributed by atoms with Crippen LogP contribution in [0.25, 0.3) is 10.9 Å². The third-order valence-electron chi connectivity index (χ3n) is 4.07. The van der Waals surface area contributed by atoms with E-state index in [2.05, 4.69) is 4.90 Å². The van der Waals surface area contributed by atoms with E-state index in [1.807, 2.05) is 25.2 Å². The van der Waals surface area contributed by atoms with E-state index < -0.39 is 10.0 Å². The van der Waals surface area contributed by atoms with E-state index in [0.29, 0.717) is 16.3 Å². The van der Waals surface area contributed by atoms with Crippen LogP contribution in [0.2, 0.25) is 0 Å². The first-order valence-corrected chi connectivity index (χ1v) is 9.63. The maximum Gasteiger partial charge on any atom is 0.277 e. The molecule has 0 atom stereocenters. The summed E-state index contributed by atoms with van der Waals surface area (Å²) in [6.45, 7) is 2.24. The molecule has 1 aliphatic rings. The third kappa shape index (κ3) is 2.36. The van der Waals surface area contributed by atoms with Gasteiger partial charge in [-0.25, -0.2) is 3.97 Å². The Morgan fingerprint density at radius 2 is 2.09 bits per heavy atom. The second-order valence-electron chi connectivity index (χ2n) is 5.61. The summed E-state index contributed by atoms with van der Waals surface area (Å²) in [7, 11) is -1.51. The minimum atomic E-state index is -3.55. The third-order valence-corrected chi connectivity index (χ3v) is 7.13. The Hall–Kier alpha value is -1.83. The highest BCUT2D eigenvalue weighted by atomic mass is 32.2. The van der Waals surface area contributed by atoms with Gasteiger partial charge in [0, 0.05) is 30.2 Å². The first-order valence-electron chi connectivity index (χ1n) is 7.31. The summed E-state index contributed by atoms with van der Waals surface area (Å²) in [5.41, 5.74) is 1.73. The van der Waals surface area contributed by atoms with Crippen LogP contribution in [0.5, 0.6) is 5.75 Å². The first kappa shape index (κ1) is 14.7. The van der Waals surface area contributed by atoms with Crippen LogP contribution in [0.15, 0.2) is 46.1 Å². The zero-order chi connectivity index (χ0) is 16.0. The summed E-state index contributed by atoms with van der Waals surface area (Å²) in [5, 5.41) is 2.70. The molecule has 0 saturated heterocycles. The number of thiophene rings is 1. The lowest BCUT2D eigenvalue weighted by molar-refractivity contribution is 0.259. The smallest absolute Gasteiger partial charge is 0.277 e. The largest absolute Gasteiger partial charge is 0.492 e. The second-order valence-corrected chi connectivity index (χ2v) is 8.60. The van der Waals surface area contributed by atoms with Gasteiger partial charge in [-0.15, -0.1) is 11.3 Å². The van der Waals surface area contributed by atoms with E-state index in [9.17, 15) is 8.42 Å². The molecule has 0 N–H and O–H groups in total. The van der Waals surface area contributed by atoms with E-state index in [1.165, 1.54) is 15.3 Å². The van der Waals surface area contributed by atoms with Crippen LogP contribution in [0.1, 0.15) is 5.56 Å². The minimum Gasteiger partial charge on any atom is -0.492 e. The van der Waals surface area contributed by atoms with Crippen molar-refractivity contribution in [3.05, 3.63) is 47.5 Å². The zero-order valence-electron chi connectivity index (χ0n) is 12.6. The number of fused-ring (bicyclic) bond motifs is 3. The zero-order valence-corrected chi connectivity index (χ0v) is 14.2. The van der Waals surface area contributed by atoms with E-state index in [1.54, 1.807) is 23.7 Å². The van der Waals surface area contributed by atoms with Crippen LogP contribution in [-0.4, -0.2) is 37.5 Å². The minimum absolute atomic E-state index is 0.346. The Morgan fingerprint density at radius 3 is 2.87 bits per heavy atom. The van der Waals surface area contributed by atoms with Crippen LogP contribution in [-0.2, 0) is 16.6 Å². The Morgan fingerprint density at radius 1 is 1.22 bits per heavy atom. The predicted octanol–water partition coefficient (Wildman–Crippen LogP) is 2.76. The van der Waals surface area contributed by atoms with Gasteiger partial charge in [-0.1, -0.05) is 6.07 Å². The molecule has 3 heterocycles. The molecule has 120 valence electrons. The van der Waals surface area contributed by atoms with Gasteiger partial charge in [-0.05, 0) is 36.7 Å². The lowest BCUT2D eigenvalue weighted by Crippen LogP contribution is -2.20. The number of aromatic nitrogens is 1. The topological polar surface area (TPSA) is 51.5 Å². The highest BCUT2D eigenvalue weighted by molar-refractivity contribution is 7.92. The second kappa shape index (κ2) is 5.36. The Kier molecular flexibility index (Phi) is 3.44. The van der Waals surface area contributed by atoms with E-state index in [-0.39, 0.29) is 0 Å². The van der Waals surface area contributed by atoms with Crippen molar-refractivity contribution in [2.75, 3.05) is 20.2 Å². The highest BCUT2D eigenvalue weighted by Gasteiger charge is 2.23. The molecule has 0 spiro atoms. The summed E-state index contributed by atoms with van der Waals surface area (Å²) < 4.78 is 33.1. The highest BCUT2D eigenvalue weighted by Crippen LogP contribution is 2.33. The molecular weight excluding hydrogens is 332 g/mol. The molecule has 23 heavy (non-hydrogen) atoms. The summed E-state index contributed by atoms with van der Waals surface area (Å²) in [4.78, 5) is 2.18. The number of nitrogens with zero attached hydrogens (tertiary/aromatic N) is 2. The molecule has 0 aliphatic carbocycles. The van der Waals surface area contributed by atoms with Crippen molar-refractivity contribution in [1.82, 2.24) is 8.87 Å². The molecule has 0 fully saturated rings. The molecule has 3 aromatic rings. The summed E-state index contributed by atoms with van der Waals surface area (Å²) in [5.74, 6) is 0.841. The van der Waals surface area contributed by atoms with Crippen molar-refractivity contribution in [3.8, 4) is 5.75 Å². The maximum atomic E-state index is 12.8. The van der Waals surface area contributed by atoms with Gasteiger partial charge in [0.1, 0.15) is 16.6 Å². The predicted molar refractivity (Wildman–Crippen MR) is 90.7 cm³/mol. The van der Waals surface area contributed by atoms with Gasteiger partial charge in [0.2, 0.25) is 0 Å². The van der Waals surface area contributed by atoms with Crippen molar-refractivity contribution in [2.24, 2.45) is 0 Å². The van der Waals surface area contributed by atoms with Gasteiger partial charge in [0.05, 0.1) is 5.52 Å². The molecular formula is C16H16N2O3S2. The molecule has 7 heteroatoms. The first-order chi connectivity index (χ1) is 11.1. The molecule has 0 saturated carbocycles. The summed E-state index contributed by atoms with van der Waals surface area (Å²) in [6, 6.07) is 8.94. The van der Waals surface area contributed by atoms with Crippen LogP contribution in [0, 0.1) is 0 Å². The monoisotopic (exact) mass is 348 g/mol. The number of hydrogen-bond acceptors (Lipinski definition) is 5. The standard InChI is InChI=1S/C16H16N2O3S2/c1-17-8-9-21-15-5-4-14-12(13(15)11-17)6-7-18(14)23(19,20)16-3-2-10-22-16/h2-7,10H,8-9,11H2,1H3. The summed E-state index contributed by atoms with van der Waals surface area (Å²) in [6.07, 6.45) is 1.63. The molecule has 0 unspecified atom stereocenters. The molecule has 0 amide bonds. The van der Waals surface area contributed by atoms with E-state index in [4.69, 9.17) is 4.74 Å². The van der Waals surface area contributed by atoms with Gasteiger partial charge in [-0.3, -0.25) is 4.90 Å². The molecule has 0 radical (unpaired) electrons. The molecule has 4 rings (SSSR count). The maximum absolute atomic E-state index is 12.8. The Bertz CT molecular complexity index is 959. The van der Waals surface area contributed by atoms with Gasteiger partial charge in [0.15, 0.2) is 0 Å². The van der Waals surface area contributed by atoms with Crippen molar-refractivity contribution in [3.63, 3.8) is 0 Å². The van der Waals surface area contributed by atoms with Gasteiger partial charge in [-0.2, -0.15) is 8.42 Å². The number of benzene rings is 1. The lowest BCUT2D eigenvalue weighted by Gasteiger charge is -2.13. The summed E-state index contributed by atoms with van der Waals surface area (Å²) >= 11 is 1.23.